The van der Waals surface area contributed by atoms with Gasteiger partial charge in [-0.3, -0.25) is 10.1 Å². The number of hydrogen-bond donors (Lipinski definition) is 0. The van der Waals surface area contributed by atoms with E-state index in [9.17, 15) is 18.5 Å². The highest BCUT2D eigenvalue weighted by molar-refractivity contribution is 7.91. The van der Waals surface area contributed by atoms with E-state index in [4.69, 9.17) is 0 Å². The van der Waals surface area contributed by atoms with Crippen molar-refractivity contribution in [2.45, 2.75) is 18.6 Å². The molecule has 1 rings (SSSR count). The summed E-state index contributed by atoms with van der Waals surface area (Å²) in [6.07, 6.45) is 1.15. The SMILES string of the molecule is CC(C)(c1ccc([N+](=O)[O-])cc1)S(C)(=O)=O. The summed E-state index contributed by atoms with van der Waals surface area (Å²) in [5.74, 6) is 0. The average molecular weight is 243 g/mol. The molecule has 0 saturated heterocycles. The monoisotopic (exact) mass is 243 g/mol. The van der Waals surface area contributed by atoms with Crippen LogP contribution >= 0.6 is 0 Å². The van der Waals surface area contributed by atoms with Crippen molar-refractivity contribution in [1.29, 1.82) is 0 Å². The van der Waals surface area contributed by atoms with E-state index in [0.717, 1.165) is 6.26 Å². The summed E-state index contributed by atoms with van der Waals surface area (Å²) in [7, 11) is -3.26. The molecule has 0 aliphatic rings. The van der Waals surface area contributed by atoms with Crippen molar-refractivity contribution in [2.75, 3.05) is 6.26 Å². The van der Waals surface area contributed by atoms with E-state index in [1.165, 1.54) is 24.3 Å². The predicted molar refractivity (Wildman–Crippen MR) is 61.0 cm³/mol. The van der Waals surface area contributed by atoms with Gasteiger partial charge in [0.2, 0.25) is 0 Å². The Hall–Kier alpha value is -1.43. The van der Waals surface area contributed by atoms with Crippen LogP contribution in [0.25, 0.3) is 0 Å². The molecule has 0 heterocycles. The van der Waals surface area contributed by atoms with Crippen LogP contribution in [0.3, 0.4) is 0 Å². The predicted octanol–water partition coefficient (Wildman–Crippen LogP) is 1.87. The molecule has 1 aromatic carbocycles. The van der Waals surface area contributed by atoms with Gasteiger partial charge in [-0.2, -0.15) is 0 Å². The van der Waals surface area contributed by atoms with E-state index in [1.807, 2.05) is 0 Å². The molecule has 0 atom stereocenters. The minimum absolute atomic E-state index is 0.0481. The van der Waals surface area contributed by atoms with Gasteiger partial charge >= 0.3 is 0 Å². The van der Waals surface area contributed by atoms with Gasteiger partial charge in [-0.25, -0.2) is 8.42 Å². The van der Waals surface area contributed by atoms with Gasteiger partial charge in [0.1, 0.15) is 0 Å². The molecule has 6 heteroatoms. The summed E-state index contributed by atoms with van der Waals surface area (Å²) in [6.45, 7) is 3.15. The third kappa shape index (κ3) is 2.21. The summed E-state index contributed by atoms with van der Waals surface area (Å²) in [4.78, 5) is 9.93. The number of non-ortho nitro benzene ring substituents is 1. The van der Waals surface area contributed by atoms with Crippen molar-refractivity contribution < 1.29 is 13.3 Å². The molecule has 0 radical (unpaired) electrons. The van der Waals surface area contributed by atoms with Crippen LogP contribution in [0.5, 0.6) is 0 Å². The summed E-state index contributed by atoms with van der Waals surface area (Å²) >= 11 is 0. The molecular formula is C10H13NO4S. The van der Waals surface area contributed by atoms with Crippen LogP contribution in [-0.2, 0) is 14.6 Å². The smallest absolute Gasteiger partial charge is 0.258 e. The van der Waals surface area contributed by atoms with Gasteiger partial charge in [-0.15, -0.1) is 0 Å². The van der Waals surface area contributed by atoms with Gasteiger partial charge in [0, 0.05) is 18.4 Å². The molecule has 0 aromatic heterocycles. The fourth-order valence-corrected chi connectivity index (χ4v) is 1.76. The van der Waals surface area contributed by atoms with E-state index >= 15 is 0 Å². The Kier molecular flexibility index (Phi) is 3.05. The minimum Gasteiger partial charge on any atom is -0.258 e. The van der Waals surface area contributed by atoms with Crippen LogP contribution in [0.1, 0.15) is 19.4 Å². The quantitative estimate of drug-likeness (QED) is 0.599. The molecular weight excluding hydrogens is 230 g/mol. The summed E-state index contributed by atoms with van der Waals surface area (Å²) < 4.78 is 22.0. The van der Waals surface area contributed by atoms with Crippen molar-refractivity contribution >= 4 is 15.5 Å². The van der Waals surface area contributed by atoms with Crippen LogP contribution in [-0.4, -0.2) is 19.6 Å². The van der Waals surface area contributed by atoms with Gasteiger partial charge in [0.15, 0.2) is 9.84 Å². The highest BCUT2D eigenvalue weighted by atomic mass is 32.2. The van der Waals surface area contributed by atoms with Gasteiger partial charge < -0.3 is 0 Å². The molecule has 0 amide bonds. The Labute approximate surface area is 94.2 Å². The Morgan fingerprint density at radius 1 is 1.19 bits per heavy atom. The lowest BCUT2D eigenvalue weighted by Gasteiger charge is -2.22. The third-order valence-electron chi connectivity index (χ3n) is 2.70. The van der Waals surface area contributed by atoms with Crippen molar-refractivity contribution in [2.24, 2.45) is 0 Å². The van der Waals surface area contributed by atoms with Crippen LogP contribution in [0.2, 0.25) is 0 Å². The number of nitro benzene ring substituents is 1. The van der Waals surface area contributed by atoms with Crippen LogP contribution in [0.4, 0.5) is 5.69 Å². The topological polar surface area (TPSA) is 77.3 Å². The molecule has 0 bridgehead atoms. The second kappa shape index (κ2) is 3.86. The first-order chi connectivity index (χ1) is 7.16. The minimum atomic E-state index is -3.26. The fraction of sp³-hybridized carbons (Fsp3) is 0.400. The fourth-order valence-electron chi connectivity index (χ4n) is 1.20. The van der Waals surface area contributed by atoms with Crippen LogP contribution in [0.15, 0.2) is 24.3 Å². The first-order valence-electron chi connectivity index (χ1n) is 4.61. The number of rotatable bonds is 3. The number of sulfone groups is 1. The van der Waals surface area contributed by atoms with Crippen LogP contribution in [0, 0.1) is 10.1 Å². The largest absolute Gasteiger partial charge is 0.269 e. The lowest BCUT2D eigenvalue weighted by Crippen LogP contribution is -2.27. The molecule has 0 aliphatic heterocycles. The number of hydrogen-bond acceptors (Lipinski definition) is 4. The van der Waals surface area contributed by atoms with Gasteiger partial charge in [-0.05, 0) is 19.4 Å². The van der Waals surface area contributed by atoms with Crippen molar-refractivity contribution in [3.05, 3.63) is 39.9 Å². The van der Waals surface area contributed by atoms with E-state index in [0.29, 0.717) is 5.56 Å². The second-order valence-corrected chi connectivity index (χ2v) is 6.65. The number of nitrogens with zero attached hydrogens (tertiary/aromatic N) is 1. The van der Waals surface area contributed by atoms with Gasteiger partial charge in [0.05, 0.1) is 9.67 Å². The number of benzene rings is 1. The maximum Gasteiger partial charge on any atom is 0.269 e. The van der Waals surface area contributed by atoms with E-state index in [1.54, 1.807) is 13.8 Å². The van der Waals surface area contributed by atoms with Crippen LogP contribution < -0.4 is 0 Å². The summed E-state index contributed by atoms with van der Waals surface area (Å²) in [5, 5.41) is 10.4. The highest BCUT2D eigenvalue weighted by Gasteiger charge is 2.32. The molecule has 0 N–H and O–H groups in total. The van der Waals surface area contributed by atoms with Gasteiger partial charge in [-0.1, -0.05) is 12.1 Å². The highest BCUT2D eigenvalue weighted by Crippen LogP contribution is 2.29. The molecule has 88 valence electrons. The van der Waals surface area contributed by atoms with Crippen molar-refractivity contribution in [3.8, 4) is 0 Å². The van der Waals surface area contributed by atoms with Gasteiger partial charge in [0.25, 0.3) is 5.69 Å². The average Bonchev–Trinajstić information content (AvgIpc) is 2.16. The molecule has 5 nitrogen and oxygen atoms in total. The van der Waals surface area contributed by atoms with E-state index in [2.05, 4.69) is 0 Å². The lowest BCUT2D eigenvalue weighted by molar-refractivity contribution is -0.384. The Bertz CT molecular complexity index is 502. The Balaban J connectivity index is 3.22. The maximum atomic E-state index is 11.5. The standard InChI is InChI=1S/C10H13NO4S/c1-10(2,16(3,14)15)8-4-6-9(7-5-8)11(12)13/h4-7H,1-3H3. The molecule has 0 spiro atoms. The molecule has 0 aliphatic carbocycles. The Morgan fingerprint density at radius 2 is 1.62 bits per heavy atom. The lowest BCUT2D eigenvalue weighted by atomic mass is 10.0. The molecule has 0 fully saturated rings. The van der Waals surface area contributed by atoms with Crippen molar-refractivity contribution in [3.63, 3.8) is 0 Å². The second-order valence-electron chi connectivity index (χ2n) is 4.09. The zero-order valence-corrected chi connectivity index (χ0v) is 10.1. The third-order valence-corrected chi connectivity index (χ3v) is 4.79. The molecule has 1 aromatic rings. The zero-order valence-electron chi connectivity index (χ0n) is 9.30. The molecule has 0 unspecified atom stereocenters. The maximum absolute atomic E-state index is 11.5. The first kappa shape index (κ1) is 12.6. The molecule has 16 heavy (non-hydrogen) atoms. The zero-order chi connectivity index (χ0) is 12.6. The summed E-state index contributed by atoms with van der Waals surface area (Å²) in [5.41, 5.74) is 0.494. The van der Waals surface area contributed by atoms with E-state index < -0.39 is 19.5 Å². The summed E-state index contributed by atoms with van der Waals surface area (Å²) in [6, 6.07) is 5.56. The Morgan fingerprint density at radius 3 is 1.94 bits per heavy atom. The van der Waals surface area contributed by atoms with E-state index in [-0.39, 0.29) is 5.69 Å². The number of nitro groups is 1. The normalized spacial score (nSPS) is 12.4. The first-order valence-corrected chi connectivity index (χ1v) is 6.50. The van der Waals surface area contributed by atoms with Crippen molar-refractivity contribution in [1.82, 2.24) is 0 Å². The molecule has 0 saturated carbocycles.